The Bertz CT molecular complexity index is 357. The number of rotatable bonds is 5. The van der Waals surface area contributed by atoms with E-state index in [-0.39, 0.29) is 25.6 Å². The van der Waals surface area contributed by atoms with Crippen LogP contribution in [0.5, 0.6) is 0 Å². The van der Waals surface area contributed by atoms with E-state index >= 15 is 0 Å². The number of aliphatic hydroxyl groups excluding tert-OH is 2. The fourth-order valence-electron chi connectivity index (χ4n) is 1.14. The van der Waals surface area contributed by atoms with Crippen molar-refractivity contribution < 1.29 is 10.2 Å². The van der Waals surface area contributed by atoms with Crippen molar-refractivity contribution in [2.45, 2.75) is 19.0 Å². The number of benzene rings is 1. The molecule has 0 bridgehead atoms. The van der Waals surface area contributed by atoms with Gasteiger partial charge in [0.2, 0.25) is 0 Å². The second-order valence-corrected chi connectivity index (χ2v) is 4.81. The predicted octanol–water partition coefficient (Wildman–Crippen LogP) is 2.25. The van der Waals surface area contributed by atoms with Gasteiger partial charge in [0.25, 0.3) is 0 Å². The van der Waals surface area contributed by atoms with Crippen LogP contribution in [-0.4, -0.2) is 29.0 Å². The summed E-state index contributed by atoms with van der Waals surface area (Å²) in [5.41, 5.74) is 0.169. The van der Waals surface area contributed by atoms with Crippen LogP contribution in [0, 0.1) is 0 Å². The molecule has 0 heterocycles. The molecule has 0 spiro atoms. The van der Waals surface area contributed by atoms with Crippen LogP contribution in [0.4, 0.5) is 0 Å². The van der Waals surface area contributed by atoms with Gasteiger partial charge in [0.05, 0.1) is 18.8 Å². The Hall–Kier alpha value is -0.0300. The zero-order chi connectivity index (χ0) is 12.2. The maximum atomic E-state index is 9.10. The molecule has 3 N–H and O–H groups in total. The van der Waals surface area contributed by atoms with Gasteiger partial charge in [0.1, 0.15) is 0 Å². The molecular formula is C11H16Cl3NO2. The van der Waals surface area contributed by atoms with E-state index in [2.05, 4.69) is 5.32 Å². The van der Waals surface area contributed by atoms with Gasteiger partial charge in [-0.3, -0.25) is 0 Å². The van der Waals surface area contributed by atoms with Gasteiger partial charge in [0, 0.05) is 16.6 Å². The van der Waals surface area contributed by atoms with Crippen molar-refractivity contribution in [3.05, 3.63) is 33.8 Å². The lowest BCUT2D eigenvalue weighted by Crippen LogP contribution is -2.48. The van der Waals surface area contributed by atoms with Gasteiger partial charge in [-0.1, -0.05) is 29.3 Å². The van der Waals surface area contributed by atoms with Crippen molar-refractivity contribution in [1.82, 2.24) is 5.32 Å². The first-order chi connectivity index (χ1) is 7.50. The quantitative estimate of drug-likeness (QED) is 0.782. The summed E-state index contributed by atoms with van der Waals surface area (Å²) < 4.78 is 0. The normalized spacial score (nSPS) is 11.1. The minimum atomic E-state index is -0.705. The molecule has 1 aromatic carbocycles. The van der Waals surface area contributed by atoms with Crippen LogP contribution in [0.1, 0.15) is 12.5 Å². The monoisotopic (exact) mass is 299 g/mol. The highest BCUT2D eigenvalue weighted by Crippen LogP contribution is 2.21. The Morgan fingerprint density at radius 2 is 1.82 bits per heavy atom. The molecule has 0 fully saturated rings. The first kappa shape index (κ1) is 17.0. The molecule has 0 saturated heterocycles. The van der Waals surface area contributed by atoms with Crippen molar-refractivity contribution in [3.63, 3.8) is 0 Å². The molecule has 3 nitrogen and oxygen atoms in total. The highest BCUT2D eigenvalue weighted by Gasteiger charge is 2.21. The van der Waals surface area contributed by atoms with Crippen molar-refractivity contribution in [3.8, 4) is 0 Å². The summed E-state index contributed by atoms with van der Waals surface area (Å²) in [6, 6.07) is 5.22. The van der Waals surface area contributed by atoms with Crippen LogP contribution in [0.25, 0.3) is 0 Å². The van der Waals surface area contributed by atoms with Crippen LogP contribution in [0.3, 0.4) is 0 Å². The average Bonchev–Trinajstić information content (AvgIpc) is 2.27. The van der Waals surface area contributed by atoms with Crippen LogP contribution in [0.2, 0.25) is 10.0 Å². The van der Waals surface area contributed by atoms with E-state index in [1.54, 1.807) is 19.1 Å². The van der Waals surface area contributed by atoms with Crippen molar-refractivity contribution >= 4 is 35.6 Å². The molecule has 0 radical (unpaired) electrons. The van der Waals surface area contributed by atoms with E-state index in [0.29, 0.717) is 16.6 Å². The second kappa shape index (κ2) is 7.41. The first-order valence-electron chi connectivity index (χ1n) is 4.91. The molecular weight excluding hydrogens is 284 g/mol. The average molecular weight is 301 g/mol. The zero-order valence-electron chi connectivity index (χ0n) is 9.41. The largest absolute Gasteiger partial charge is 0.394 e. The summed E-state index contributed by atoms with van der Waals surface area (Å²) in [6.45, 7) is 1.91. The molecule has 0 unspecified atom stereocenters. The Morgan fingerprint density at radius 1 is 1.24 bits per heavy atom. The van der Waals surface area contributed by atoms with Crippen LogP contribution < -0.4 is 5.32 Å². The summed E-state index contributed by atoms with van der Waals surface area (Å²) in [5, 5.41) is 22.4. The summed E-state index contributed by atoms with van der Waals surface area (Å²) in [4.78, 5) is 0. The fraction of sp³-hybridized carbons (Fsp3) is 0.455. The van der Waals surface area contributed by atoms with Gasteiger partial charge in [-0.05, 0) is 24.6 Å². The lowest BCUT2D eigenvalue weighted by Gasteiger charge is -2.26. The van der Waals surface area contributed by atoms with E-state index in [1.807, 2.05) is 6.07 Å². The Morgan fingerprint density at radius 3 is 2.29 bits per heavy atom. The molecule has 0 aliphatic carbocycles. The van der Waals surface area contributed by atoms with Crippen molar-refractivity contribution in [1.29, 1.82) is 0 Å². The maximum Gasteiger partial charge on any atom is 0.0633 e. The van der Waals surface area contributed by atoms with Crippen LogP contribution in [0.15, 0.2) is 18.2 Å². The highest BCUT2D eigenvalue weighted by atomic mass is 35.5. The summed E-state index contributed by atoms with van der Waals surface area (Å²) in [5.74, 6) is 0. The summed E-state index contributed by atoms with van der Waals surface area (Å²) >= 11 is 11.8. The number of nitrogens with one attached hydrogen (secondary N) is 1. The predicted molar refractivity (Wildman–Crippen MR) is 73.1 cm³/mol. The topological polar surface area (TPSA) is 52.5 Å². The molecule has 0 amide bonds. The van der Waals surface area contributed by atoms with Crippen LogP contribution in [-0.2, 0) is 6.54 Å². The lowest BCUT2D eigenvalue weighted by molar-refractivity contribution is 0.103. The molecule has 0 aliphatic rings. The number of hydrogen-bond acceptors (Lipinski definition) is 3. The molecule has 0 aromatic heterocycles. The van der Waals surface area contributed by atoms with Gasteiger partial charge in [0.15, 0.2) is 0 Å². The molecule has 6 heteroatoms. The minimum Gasteiger partial charge on any atom is -0.394 e. The van der Waals surface area contributed by atoms with Gasteiger partial charge in [-0.2, -0.15) is 0 Å². The van der Waals surface area contributed by atoms with Crippen molar-refractivity contribution in [2.24, 2.45) is 0 Å². The third kappa shape index (κ3) is 5.00. The maximum absolute atomic E-state index is 9.10. The molecule has 0 saturated carbocycles. The fourth-order valence-corrected chi connectivity index (χ4v) is 1.61. The Kier molecular flexibility index (Phi) is 7.40. The molecule has 1 rings (SSSR count). The molecule has 17 heavy (non-hydrogen) atoms. The van der Waals surface area contributed by atoms with E-state index in [4.69, 9.17) is 33.4 Å². The van der Waals surface area contributed by atoms with Crippen LogP contribution >= 0.6 is 35.6 Å². The first-order valence-corrected chi connectivity index (χ1v) is 5.67. The van der Waals surface area contributed by atoms with Gasteiger partial charge < -0.3 is 15.5 Å². The third-order valence-electron chi connectivity index (χ3n) is 2.42. The summed E-state index contributed by atoms with van der Waals surface area (Å²) in [7, 11) is 0. The molecule has 98 valence electrons. The molecule has 0 aliphatic heterocycles. The smallest absolute Gasteiger partial charge is 0.0633 e. The Labute approximate surface area is 117 Å². The van der Waals surface area contributed by atoms with Gasteiger partial charge in [-0.15, -0.1) is 12.4 Å². The Balaban J connectivity index is 0.00000256. The highest BCUT2D eigenvalue weighted by molar-refractivity contribution is 6.35. The van der Waals surface area contributed by atoms with Gasteiger partial charge in [-0.25, -0.2) is 0 Å². The van der Waals surface area contributed by atoms with E-state index < -0.39 is 5.54 Å². The number of hydrogen-bond donors (Lipinski definition) is 3. The van der Waals surface area contributed by atoms with E-state index in [9.17, 15) is 0 Å². The number of aliphatic hydroxyl groups is 2. The molecule has 0 atom stereocenters. The molecule has 1 aromatic rings. The van der Waals surface area contributed by atoms with Gasteiger partial charge >= 0.3 is 0 Å². The second-order valence-electron chi connectivity index (χ2n) is 3.97. The van der Waals surface area contributed by atoms with E-state index in [1.165, 1.54) is 0 Å². The SMILES string of the molecule is CC(CO)(CO)NCc1ccc(Cl)cc1Cl.Cl. The lowest BCUT2D eigenvalue weighted by atomic mass is 10.0. The third-order valence-corrected chi connectivity index (χ3v) is 3.01. The minimum absolute atomic E-state index is 0. The number of halogens is 3. The van der Waals surface area contributed by atoms with Crippen molar-refractivity contribution in [2.75, 3.05) is 13.2 Å². The standard InChI is InChI=1S/C11H15Cl2NO2.ClH/c1-11(6-15,7-16)14-5-8-2-3-9(12)4-10(8)13;/h2-4,14-16H,5-7H2,1H3;1H. The van der Waals surface area contributed by atoms with E-state index in [0.717, 1.165) is 5.56 Å². The zero-order valence-corrected chi connectivity index (χ0v) is 11.7. The summed E-state index contributed by atoms with van der Waals surface area (Å²) in [6.07, 6.45) is 0.